The fourth-order valence-corrected chi connectivity index (χ4v) is 2.64. The maximum atomic E-state index is 12.1. The number of aryl methyl sites for hydroxylation is 2. The molecular weight excluding hydrogens is 270 g/mol. The van der Waals surface area contributed by atoms with E-state index in [1.54, 1.807) is 21.7 Å². The quantitative estimate of drug-likeness (QED) is 0.854. The fraction of sp³-hybridized carbons (Fsp3) is 0.533. The van der Waals surface area contributed by atoms with Gasteiger partial charge in [0.2, 0.25) is 5.91 Å². The minimum absolute atomic E-state index is 0.0681. The number of carboxylic acid groups (broad SMARTS) is 1. The summed E-state index contributed by atoms with van der Waals surface area (Å²) < 4.78 is 1.79. The first-order chi connectivity index (χ1) is 9.90. The highest BCUT2D eigenvalue weighted by Gasteiger charge is 2.26. The molecule has 0 aromatic carbocycles. The van der Waals surface area contributed by atoms with Crippen LogP contribution < -0.4 is 0 Å². The molecule has 1 aromatic rings. The molecule has 0 atom stereocenters. The summed E-state index contributed by atoms with van der Waals surface area (Å²) in [6.45, 7) is 4.88. The van der Waals surface area contributed by atoms with Crippen LogP contribution in [0.15, 0.2) is 6.08 Å². The number of carboxylic acids is 1. The normalized spacial score (nSPS) is 16.6. The molecule has 0 unspecified atom stereocenters. The Morgan fingerprint density at radius 1 is 1.29 bits per heavy atom. The molecule has 1 aliphatic heterocycles. The van der Waals surface area contributed by atoms with Gasteiger partial charge in [-0.2, -0.15) is 5.10 Å². The molecule has 0 bridgehead atoms. The summed E-state index contributed by atoms with van der Waals surface area (Å²) in [6.07, 6.45) is 4.40. The highest BCUT2D eigenvalue weighted by atomic mass is 16.4. The summed E-state index contributed by atoms with van der Waals surface area (Å²) in [5.41, 5.74) is 2.87. The summed E-state index contributed by atoms with van der Waals surface area (Å²) in [5, 5.41) is 13.3. The third-order valence-corrected chi connectivity index (χ3v) is 4.11. The zero-order valence-corrected chi connectivity index (χ0v) is 12.7. The monoisotopic (exact) mass is 291 g/mol. The lowest BCUT2D eigenvalue weighted by molar-refractivity contribution is -0.144. The van der Waals surface area contributed by atoms with Crippen molar-refractivity contribution < 1.29 is 14.7 Å². The Kier molecular flexibility index (Phi) is 4.45. The molecule has 21 heavy (non-hydrogen) atoms. The van der Waals surface area contributed by atoms with Crippen molar-refractivity contribution in [2.75, 3.05) is 13.1 Å². The van der Waals surface area contributed by atoms with Gasteiger partial charge in [-0.3, -0.25) is 14.3 Å². The number of amides is 1. The van der Waals surface area contributed by atoms with Gasteiger partial charge in [-0.25, -0.2) is 0 Å². The van der Waals surface area contributed by atoms with Gasteiger partial charge >= 0.3 is 5.97 Å². The van der Waals surface area contributed by atoms with Gasteiger partial charge in [0, 0.05) is 37.5 Å². The molecule has 114 valence electrons. The van der Waals surface area contributed by atoms with Crippen LogP contribution in [-0.4, -0.2) is 44.8 Å². The summed E-state index contributed by atoms with van der Waals surface area (Å²) in [6, 6.07) is 0. The lowest BCUT2D eigenvalue weighted by atomic mass is 9.97. The number of piperidine rings is 1. The second-order valence-corrected chi connectivity index (χ2v) is 5.48. The predicted molar refractivity (Wildman–Crippen MR) is 78.7 cm³/mol. The molecule has 1 aromatic heterocycles. The van der Waals surface area contributed by atoms with Gasteiger partial charge in [-0.15, -0.1) is 0 Å². The van der Waals surface area contributed by atoms with Crippen molar-refractivity contribution in [2.24, 2.45) is 13.0 Å². The lowest BCUT2D eigenvalue weighted by Crippen LogP contribution is -2.39. The Morgan fingerprint density at radius 2 is 1.90 bits per heavy atom. The Morgan fingerprint density at radius 3 is 2.38 bits per heavy atom. The zero-order valence-electron chi connectivity index (χ0n) is 12.7. The van der Waals surface area contributed by atoms with E-state index >= 15 is 0 Å². The molecule has 6 nitrogen and oxygen atoms in total. The topological polar surface area (TPSA) is 75.4 Å². The van der Waals surface area contributed by atoms with Crippen LogP contribution in [0, 0.1) is 19.8 Å². The molecule has 2 heterocycles. The van der Waals surface area contributed by atoms with E-state index in [9.17, 15) is 9.59 Å². The number of hydrogen-bond donors (Lipinski definition) is 1. The highest BCUT2D eigenvalue weighted by Crippen LogP contribution is 2.18. The third-order valence-electron chi connectivity index (χ3n) is 4.11. The lowest BCUT2D eigenvalue weighted by Gasteiger charge is -2.29. The molecule has 1 saturated heterocycles. The van der Waals surface area contributed by atoms with E-state index in [4.69, 9.17) is 5.11 Å². The van der Waals surface area contributed by atoms with Gasteiger partial charge in [0.15, 0.2) is 0 Å². The van der Waals surface area contributed by atoms with E-state index in [2.05, 4.69) is 5.10 Å². The number of aromatic nitrogens is 2. The van der Waals surface area contributed by atoms with Crippen LogP contribution in [0.5, 0.6) is 0 Å². The Bertz CT molecular complexity index is 581. The summed E-state index contributed by atoms with van der Waals surface area (Å²) in [7, 11) is 1.87. The Balaban J connectivity index is 1.99. The van der Waals surface area contributed by atoms with Gasteiger partial charge in [-0.1, -0.05) is 0 Å². The van der Waals surface area contributed by atoms with E-state index in [0.717, 1.165) is 17.0 Å². The largest absolute Gasteiger partial charge is 0.481 e. The smallest absolute Gasteiger partial charge is 0.306 e. The van der Waals surface area contributed by atoms with Crippen molar-refractivity contribution in [3.63, 3.8) is 0 Å². The SMILES string of the molecule is Cc1nn(C)c(C)c1/C=C/C(=O)N1CCC(C(=O)O)CC1. The van der Waals surface area contributed by atoms with Gasteiger partial charge in [0.1, 0.15) is 0 Å². The molecule has 6 heteroatoms. The summed E-state index contributed by atoms with van der Waals surface area (Å²) in [4.78, 5) is 24.7. The van der Waals surface area contributed by atoms with Crippen LogP contribution in [0.25, 0.3) is 6.08 Å². The standard InChI is InChI=1S/C15H21N3O3/c1-10-13(11(2)17(3)16-10)4-5-14(19)18-8-6-12(7-9-18)15(20)21/h4-5,12H,6-9H2,1-3H3,(H,20,21)/b5-4+. The molecular formula is C15H21N3O3. The first-order valence-corrected chi connectivity index (χ1v) is 7.10. The van der Waals surface area contributed by atoms with Crippen LogP contribution >= 0.6 is 0 Å². The molecule has 1 N–H and O–H groups in total. The molecule has 1 fully saturated rings. The Labute approximate surface area is 124 Å². The molecule has 0 saturated carbocycles. The van der Waals surface area contributed by atoms with Crippen molar-refractivity contribution in [3.8, 4) is 0 Å². The van der Waals surface area contributed by atoms with Gasteiger partial charge in [-0.05, 0) is 32.8 Å². The number of rotatable bonds is 3. The second kappa shape index (κ2) is 6.11. The number of aliphatic carboxylic acids is 1. The average Bonchev–Trinajstić information content (AvgIpc) is 2.70. The van der Waals surface area contributed by atoms with Crippen LogP contribution in [0.4, 0.5) is 0 Å². The van der Waals surface area contributed by atoms with Crippen LogP contribution in [-0.2, 0) is 16.6 Å². The van der Waals surface area contributed by atoms with E-state index in [-0.39, 0.29) is 11.8 Å². The van der Waals surface area contributed by atoms with E-state index in [1.165, 1.54) is 0 Å². The third kappa shape index (κ3) is 3.32. The predicted octanol–water partition coefficient (Wildman–Crippen LogP) is 1.37. The number of carbonyl (C=O) groups is 2. The van der Waals surface area contributed by atoms with Crippen LogP contribution in [0.2, 0.25) is 0 Å². The van der Waals surface area contributed by atoms with Crippen molar-refractivity contribution in [1.29, 1.82) is 0 Å². The first-order valence-electron chi connectivity index (χ1n) is 7.10. The highest BCUT2D eigenvalue weighted by molar-refractivity contribution is 5.92. The van der Waals surface area contributed by atoms with Gasteiger partial charge in [0.25, 0.3) is 0 Å². The number of likely N-dealkylation sites (tertiary alicyclic amines) is 1. The molecule has 0 aliphatic carbocycles. The Hall–Kier alpha value is -2.11. The molecule has 1 aliphatic rings. The molecule has 1 amide bonds. The minimum atomic E-state index is -0.765. The maximum absolute atomic E-state index is 12.1. The van der Waals surface area contributed by atoms with E-state index in [1.807, 2.05) is 20.9 Å². The number of nitrogens with zero attached hydrogens (tertiary/aromatic N) is 3. The van der Waals surface area contributed by atoms with Crippen molar-refractivity contribution in [2.45, 2.75) is 26.7 Å². The van der Waals surface area contributed by atoms with E-state index < -0.39 is 5.97 Å². The number of hydrogen-bond acceptors (Lipinski definition) is 3. The van der Waals surface area contributed by atoms with Crippen molar-refractivity contribution in [3.05, 3.63) is 23.0 Å². The maximum Gasteiger partial charge on any atom is 0.306 e. The minimum Gasteiger partial charge on any atom is -0.481 e. The van der Waals surface area contributed by atoms with Gasteiger partial charge < -0.3 is 10.0 Å². The summed E-state index contributed by atoms with van der Waals surface area (Å²) in [5.74, 6) is -1.15. The zero-order chi connectivity index (χ0) is 15.6. The van der Waals surface area contributed by atoms with Crippen molar-refractivity contribution in [1.82, 2.24) is 14.7 Å². The summed E-state index contributed by atoms with van der Waals surface area (Å²) >= 11 is 0. The molecule has 0 radical (unpaired) electrons. The van der Waals surface area contributed by atoms with Crippen LogP contribution in [0.3, 0.4) is 0 Å². The fourth-order valence-electron chi connectivity index (χ4n) is 2.64. The van der Waals surface area contributed by atoms with Crippen LogP contribution in [0.1, 0.15) is 29.8 Å². The average molecular weight is 291 g/mol. The first kappa shape index (κ1) is 15.3. The molecule has 2 rings (SSSR count). The van der Waals surface area contributed by atoms with Gasteiger partial charge in [0.05, 0.1) is 11.6 Å². The molecule has 0 spiro atoms. The van der Waals surface area contributed by atoms with E-state index in [0.29, 0.717) is 25.9 Å². The second-order valence-electron chi connectivity index (χ2n) is 5.48. The number of carbonyl (C=O) groups excluding carboxylic acids is 1. The van der Waals surface area contributed by atoms with Crippen molar-refractivity contribution >= 4 is 18.0 Å².